The number of nitrogens with zero attached hydrogens (tertiary/aromatic N) is 1. The van der Waals surface area contributed by atoms with Gasteiger partial charge in [-0.2, -0.15) is 0 Å². The highest BCUT2D eigenvalue weighted by molar-refractivity contribution is 7.91. The minimum atomic E-state index is -3.69. The molecule has 0 atom stereocenters. The van der Waals surface area contributed by atoms with Crippen LogP contribution in [0.4, 0.5) is 0 Å². The molecule has 1 aromatic heterocycles. The number of carbonyl (C=O) groups is 1. The summed E-state index contributed by atoms with van der Waals surface area (Å²) in [6.07, 6.45) is 0.499. The monoisotopic (exact) mass is 451 g/mol. The van der Waals surface area contributed by atoms with E-state index in [2.05, 4.69) is 4.98 Å². The van der Waals surface area contributed by atoms with Gasteiger partial charge in [0, 0.05) is 11.4 Å². The molecule has 3 aromatic rings. The second kappa shape index (κ2) is 9.11. The Morgan fingerprint density at radius 2 is 1.69 bits per heavy atom. The Bertz CT molecular complexity index is 1140. The summed E-state index contributed by atoms with van der Waals surface area (Å²) in [6, 6.07) is 14.2. The van der Waals surface area contributed by atoms with E-state index in [0.29, 0.717) is 27.8 Å². The molecule has 0 fully saturated rings. The average molecular weight is 452 g/mol. The highest BCUT2D eigenvalue weighted by atomic mass is 35.5. The SMILES string of the molecule is Cc1oc(-c2ccccc2Cl)nc1CS(=O)(=O)CC(=O)CCc1ccccc1Cl. The molecule has 0 N–H and O–H groups in total. The van der Waals surface area contributed by atoms with Crippen LogP contribution >= 0.6 is 23.2 Å². The maximum Gasteiger partial charge on any atom is 0.228 e. The number of carbonyl (C=O) groups excluding carboxylic acids is 1. The lowest BCUT2D eigenvalue weighted by atomic mass is 10.1. The predicted octanol–water partition coefficient (Wildman–Crippen LogP) is 5.07. The zero-order chi connectivity index (χ0) is 21.0. The highest BCUT2D eigenvalue weighted by Gasteiger charge is 2.22. The maximum absolute atomic E-state index is 12.5. The number of benzene rings is 2. The number of halogens is 2. The Kier molecular flexibility index (Phi) is 6.77. The topological polar surface area (TPSA) is 77.2 Å². The van der Waals surface area contributed by atoms with E-state index in [1.54, 1.807) is 43.3 Å². The molecule has 3 rings (SSSR count). The lowest BCUT2D eigenvalue weighted by Gasteiger charge is -2.05. The first-order chi connectivity index (χ1) is 13.7. The molecule has 152 valence electrons. The molecular formula is C21H19Cl2NO4S. The fourth-order valence-corrected chi connectivity index (χ4v) is 4.73. The summed E-state index contributed by atoms with van der Waals surface area (Å²) >= 11 is 12.2. The van der Waals surface area contributed by atoms with Crippen molar-refractivity contribution in [2.45, 2.75) is 25.5 Å². The first-order valence-electron chi connectivity index (χ1n) is 8.92. The van der Waals surface area contributed by atoms with Gasteiger partial charge in [0.2, 0.25) is 5.89 Å². The van der Waals surface area contributed by atoms with Gasteiger partial charge in [-0.3, -0.25) is 4.79 Å². The van der Waals surface area contributed by atoms with Crippen LogP contribution in [0, 0.1) is 6.92 Å². The van der Waals surface area contributed by atoms with Gasteiger partial charge in [-0.05, 0) is 37.1 Å². The molecule has 0 aliphatic rings. The molecule has 0 aliphatic heterocycles. The number of aromatic nitrogens is 1. The van der Waals surface area contributed by atoms with E-state index in [0.717, 1.165) is 5.56 Å². The van der Waals surface area contributed by atoms with Gasteiger partial charge in [0.05, 0.1) is 22.0 Å². The van der Waals surface area contributed by atoms with Gasteiger partial charge >= 0.3 is 0 Å². The Labute approximate surface area is 179 Å². The van der Waals surface area contributed by atoms with Gasteiger partial charge in [-0.25, -0.2) is 13.4 Å². The molecule has 0 radical (unpaired) electrons. The van der Waals surface area contributed by atoms with E-state index >= 15 is 0 Å². The van der Waals surface area contributed by atoms with E-state index in [-0.39, 0.29) is 29.5 Å². The van der Waals surface area contributed by atoms with Gasteiger partial charge in [-0.1, -0.05) is 53.5 Å². The van der Waals surface area contributed by atoms with Gasteiger partial charge in [0.15, 0.2) is 9.84 Å². The molecule has 0 saturated carbocycles. The van der Waals surface area contributed by atoms with Crippen molar-refractivity contribution >= 4 is 38.8 Å². The van der Waals surface area contributed by atoms with Gasteiger partial charge < -0.3 is 4.42 Å². The van der Waals surface area contributed by atoms with Crippen LogP contribution in [-0.2, 0) is 26.8 Å². The second-order valence-corrected chi connectivity index (χ2v) is 9.54. The first kappa shape index (κ1) is 21.6. The first-order valence-corrected chi connectivity index (χ1v) is 11.5. The van der Waals surface area contributed by atoms with E-state index in [9.17, 15) is 13.2 Å². The lowest BCUT2D eigenvalue weighted by molar-refractivity contribution is -0.116. The third-order valence-electron chi connectivity index (χ3n) is 4.37. The minimum Gasteiger partial charge on any atom is -0.441 e. The van der Waals surface area contributed by atoms with Crippen LogP contribution < -0.4 is 0 Å². The molecule has 0 aliphatic carbocycles. The van der Waals surface area contributed by atoms with Crippen molar-refractivity contribution in [3.63, 3.8) is 0 Å². The highest BCUT2D eigenvalue weighted by Crippen LogP contribution is 2.29. The van der Waals surface area contributed by atoms with Crippen molar-refractivity contribution in [2.24, 2.45) is 0 Å². The van der Waals surface area contributed by atoms with Gasteiger partial charge in [0.25, 0.3) is 0 Å². The van der Waals surface area contributed by atoms with Gasteiger partial charge in [0.1, 0.15) is 17.3 Å². The number of ketones is 1. The smallest absolute Gasteiger partial charge is 0.228 e. The Balaban J connectivity index is 1.66. The van der Waals surface area contributed by atoms with Crippen LogP contribution in [0.5, 0.6) is 0 Å². The van der Waals surface area contributed by atoms with E-state index in [4.69, 9.17) is 27.6 Å². The molecule has 5 nitrogen and oxygen atoms in total. The number of hydrogen-bond acceptors (Lipinski definition) is 5. The second-order valence-electron chi connectivity index (χ2n) is 6.66. The summed E-state index contributed by atoms with van der Waals surface area (Å²) in [5, 5.41) is 1.02. The molecule has 0 amide bonds. The molecule has 29 heavy (non-hydrogen) atoms. The number of oxazole rings is 1. The van der Waals surface area contributed by atoms with E-state index in [1.807, 2.05) is 12.1 Å². The van der Waals surface area contributed by atoms with Crippen LogP contribution in [0.15, 0.2) is 52.9 Å². The van der Waals surface area contributed by atoms with Crippen molar-refractivity contribution in [2.75, 3.05) is 5.75 Å². The summed E-state index contributed by atoms with van der Waals surface area (Å²) in [5.74, 6) is -0.650. The van der Waals surface area contributed by atoms with Crippen LogP contribution in [0.25, 0.3) is 11.5 Å². The van der Waals surface area contributed by atoms with Crippen LogP contribution in [0.1, 0.15) is 23.4 Å². The third-order valence-corrected chi connectivity index (χ3v) is 6.54. The standard InChI is InChI=1S/C21H19Cl2NO4S/c1-14-20(24-21(28-14)17-7-3-5-9-19(17)23)13-29(26,27)12-16(25)11-10-15-6-2-4-8-18(15)22/h2-9H,10-13H2,1H3. The Morgan fingerprint density at radius 1 is 1.03 bits per heavy atom. The van der Waals surface area contributed by atoms with Crippen LogP contribution in [0.3, 0.4) is 0 Å². The van der Waals surface area contributed by atoms with Crippen LogP contribution in [-0.4, -0.2) is 24.9 Å². The Hall–Kier alpha value is -2.15. The summed E-state index contributed by atoms with van der Waals surface area (Å²) < 4.78 is 30.6. The van der Waals surface area contributed by atoms with Gasteiger partial charge in [-0.15, -0.1) is 0 Å². The molecule has 0 spiro atoms. The summed E-state index contributed by atoms with van der Waals surface area (Å²) in [5.41, 5.74) is 1.67. The minimum absolute atomic E-state index is 0.103. The predicted molar refractivity (Wildman–Crippen MR) is 114 cm³/mol. The zero-order valence-electron chi connectivity index (χ0n) is 15.7. The molecule has 1 heterocycles. The van der Waals surface area contributed by atoms with E-state index < -0.39 is 15.6 Å². The number of rotatable bonds is 8. The average Bonchev–Trinajstić information content (AvgIpc) is 3.00. The third kappa shape index (κ3) is 5.69. The molecule has 8 heteroatoms. The van der Waals surface area contributed by atoms with Crippen molar-refractivity contribution < 1.29 is 17.6 Å². The van der Waals surface area contributed by atoms with E-state index in [1.165, 1.54) is 0 Å². The molecule has 0 saturated heterocycles. The molecular weight excluding hydrogens is 433 g/mol. The largest absolute Gasteiger partial charge is 0.441 e. The molecule has 2 aromatic carbocycles. The number of hydrogen-bond donors (Lipinski definition) is 0. The fourth-order valence-electron chi connectivity index (χ4n) is 2.86. The summed E-state index contributed by atoms with van der Waals surface area (Å²) in [7, 11) is -3.69. The fraction of sp³-hybridized carbons (Fsp3) is 0.238. The van der Waals surface area contributed by atoms with Crippen molar-refractivity contribution in [3.8, 4) is 11.5 Å². The normalized spacial score (nSPS) is 11.6. The lowest BCUT2D eigenvalue weighted by Crippen LogP contribution is -2.18. The zero-order valence-corrected chi connectivity index (χ0v) is 18.0. The number of Topliss-reactive ketones (excluding diaryl/α,β-unsaturated/α-hetero) is 1. The molecule has 0 bridgehead atoms. The Morgan fingerprint density at radius 3 is 2.38 bits per heavy atom. The summed E-state index contributed by atoms with van der Waals surface area (Å²) in [6.45, 7) is 1.64. The van der Waals surface area contributed by atoms with Crippen molar-refractivity contribution in [1.29, 1.82) is 0 Å². The quantitative estimate of drug-likeness (QED) is 0.477. The van der Waals surface area contributed by atoms with Crippen molar-refractivity contribution in [1.82, 2.24) is 4.98 Å². The van der Waals surface area contributed by atoms with Crippen LogP contribution in [0.2, 0.25) is 10.0 Å². The molecule has 0 unspecified atom stereocenters. The summed E-state index contributed by atoms with van der Waals surface area (Å²) in [4.78, 5) is 16.5. The van der Waals surface area contributed by atoms with Crippen molar-refractivity contribution in [3.05, 3.63) is 75.6 Å². The maximum atomic E-state index is 12.5. The number of aryl methyl sites for hydroxylation is 2. The number of sulfone groups is 1.